The topological polar surface area (TPSA) is 188 Å². The highest BCUT2D eigenvalue weighted by atomic mass is 32.2. The van der Waals surface area contributed by atoms with Crippen LogP contribution in [-0.4, -0.2) is 76.6 Å². The summed E-state index contributed by atoms with van der Waals surface area (Å²) in [6.45, 7) is 2.64. The molecule has 7 N–H and O–H groups in total. The van der Waals surface area contributed by atoms with E-state index >= 15 is 0 Å². The standard InChI is InChI=1S/C16H28N4O7S/c1-8(2)13(16(26)27)20-15(25)10(6-12(22)23)19-11(21)7-18-14(24)9(17)4-5-28-3/h8-10,13H,4-7,17H2,1-3H3,(H,18,24)(H,19,21)(H,20,25)(H,22,23)(H,26,27). The zero-order chi connectivity index (χ0) is 21.9. The van der Waals surface area contributed by atoms with Gasteiger partial charge in [0.1, 0.15) is 12.1 Å². The second-order valence-electron chi connectivity index (χ2n) is 6.39. The molecule has 0 aromatic carbocycles. The van der Waals surface area contributed by atoms with Gasteiger partial charge in [-0.1, -0.05) is 13.8 Å². The number of amides is 3. The molecule has 0 aromatic rings. The van der Waals surface area contributed by atoms with Gasteiger partial charge in [0.15, 0.2) is 0 Å². The Morgan fingerprint density at radius 1 is 1.04 bits per heavy atom. The van der Waals surface area contributed by atoms with Crippen LogP contribution in [0.5, 0.6) is 0 Å². The van der Waals surface area contributed by atoms with E-state index in [-0.39, 0.29) is 0 Å². The van der Waals surface area contributed by atoms with E-state index in [0.717, 1.165) is 0 Å². The number of hydrogen-bond acceptors (Lipinski definition) is 7. The largest absolute Gasteiger partial charge is 0.481 e. The van der Waals surface area contributed by atoms with Crippen molar-refractivity contribution in [3.8, 4) is 0 Å². The van der Waals surface area contributed by atoms with Crippen molar-refractivity contribution in [1.82, 2.24) is 16.0 Å². The van der Waals surface area contributed by atoms with Gasteiger partial charge < -0.3 is 31.9 Å². The van der Waals surface area contributed by atoms with E-state index in [1.807, 2.05) is 6.26 Å². The molecular formula is C16H28N4O7S. The van der Waals surface area contributed by atoms with Crippen molar-refractivity contribution >= 4 is 41.4 Å². The number of nitrogens with two attached hydrogens (primary N) is 1. The molecule has 0 heterocycles. The van der Waals surface area contributed by atoms with Crippen molar-refractivity contribution in [3.63, 3.8) is 0 Å². The van der Waals surface area contributed by atoms with Crippen LogP contribution in [0, 0.1) is 5.92 Å². The Kier molecular flexibility index (Phi) is 11.9. The first kappa shape index (κ1) is 25.7. The quantitative estimate of drug-likeness (QED) is 0.203. The van der Waals surface area contributed by atoms with Gasteiger partial charge in [-0.2, -0.15) is 11.8 Å². The maximum absolute atomic E-state index is 12.2. The van der Waals surface area contributed by atoms with E-state index in [9.17, 15) is 24.0 Å². The summed E-state index contributed by atoms with van der Waals surface area (Å²) in [5, 5.41) is 24.8. The number of rotatable bonds is 13. The number of carboxylic acids is 2. The number of hydrogen-bond donors (Lipinski definition) is 6. The lowest BCUT2D eigenvalue weighted by molar-refractivity contribution is -0.144. The van der Waals surface area contributed by atoms with Crippen molar-refractivity contribution in [2.24, 2.45) is 11.7 Å². The van der Waals surface area contributed by atoms with Crippen molar-refractivity contribution < 1.29 is 34.2 Å². The zero-order valence-corrected chi connectivity index (χ0v) is 16.9. The van der Waals surface area contributed by atoms with Crippen LogP contribution in [0.15, 0.2) is 0 Å². The summed E-state index contributed by atoms with van der Waals surface area (Å²) in [5.74, 6) is -4.72. The molecular weight excluding hydrogens is 392 g/mol. The molecule has 0 saturated carbocycles. The van der Waals surface area contributed by atoms with Crippen molar-refractivity contribution in [2.45, 2.75) is 44.8 Å². The molecule has 0 aromatic heterocycles. The molecule has 12 heteroatoms. The maximum atomic E-state index is 12.2. The lowest BCUT2D eigenvalue weighted by atomic mass is 10.0. The molecule has 0 fully saturated rings. The third kappa shape index (κ3) is 10.1. The lowest BCUT2D eigenvalue weighted by Crippen LogP contribution is -2.55. The molecule has 0 spiro atoms. The smallest absolute Gasteiger partial charge is 0.326 e. The summed E-state index contributed by atoms with van der Waals surface area (Å²) < 4.78 is 0. The molecule has 28 heavy (non-hydrogen) atoms. The van der Waals surface area contributed by atoms with Gasteiger partial charge in [-0.25, -0.2) is 4.79 Å². The highest BCUT2D eigenvalue weighted by Gasteiger charge is 2.30. The van der Waals surface area contributed by atoms with E-state index in [4.69, 9.17) is 15.9 Å². The molecule has 0 aliphatic rings. The van der Waals surface area contributed by atoms with Crippen LogP contribution in [0.3, 0.4) is 0 Å². The first-order valence-electron chi connectivity index (χ1n) is 8.56. The molecule has 3 amide bonds. The second-order valence-corrected chi connectivity index (χ2v) is 7.38. The van der Waals surface area contributed by atoms with Gasteiger partial charge in [-0.05, 0) is 24.3 Å². The van der Waals surface area contributed by atoms with Crippen LogP contribution in [-0.2, 0) is 24.0 Å². The SMILES string of the molecule is CSCCC(N)C(=O)NCC(=O)NC(CC(=O)O)C(=O)NC(C(=O)O)C(C)C. The van der Waals surface area contributed by atoms with Gasteiger partial charge in [0.2, 0.25) is 17.7 Å². The van der Waals surface area contributed by atoms with E-state index < -0.39 is 66.7 Å². The maximum Gasteiger partial charge on any atom is 0.326 e. The minimum Gasteiger partial charge on any atom is -0.481 e. The molecule has 0 bridgehead atoms. The van der Waals surface area contributed by atoms with Gasteiger partial charge >= 0.3 is 11.9 Å². The summed E-state index contributed by atoms with van der Waals surface area (Å²) in [5.41, 5.74) is 5.66. The summed E-state index contributed by atoms with van der Waals surface area (Å²) >= 11 is 1.52. The monoisotopic (exact) mass is 420 g/mol. The van der Waals surface area contributed by atoms with Gasteiger partial charge in [-0.3, -0.25) is 19.2 Å². The molecule has 3 unspecified atom stereocenters. The predicted octanol–water partition coefficient (Wildman–Crippen LogP) is -1.63. The average Bonchev–Trinajstić information content (AvgIpc) is 2.60. The van der Waals surface area contributed by atoms with Gasteiger partial charge in [-0.15, -0.1) is 0 Å². The Labute approximate surface area is 167 Å². The van der Waals surface area contributed by atoms with Crippen molar-refractivity contribution in [2.75, 3.05) is 18.6 Å². The molecule has 0 radical (unpaired) electrons. The highest BCUT2D eigenvalue weighted by molar-refractivity contribution is 7.98. The number of thioether (sulfide) groups is 1. The summed E-state index contributed by atoms with van der Waals surface area (Å²) in [6, 6.07) is -3.52. The Balaban J connectivity index is 4.83. The van der Waals surface area contributed by atoms with Crippen LogP contribution in [0.25, 0.3) is 0 Å². The third-order valence-corrected chi connectivity index (χ3v) is 4.30. The van der Waals surface area contributed by atoms with Crippen LogP contribution < -0.4 is 21.7 Å². The Hall–Kier alpha value is -2.34. The van der Waals surface area contributed by atoms with Crippen LogP contribution in [0.4, 0.5) is 0 Å². The van der Waals surface area contributed by atoms with Gasteiger partial charge in [0.25, 0.3) is 0 Å². The fraction of sp³-hybridized carbons (Fsp3) is 0.688. The molecule has 160 valence electrons. The summed E-state index contributed by atoms with van der Waals surface area (Å²) in [6.07, 6.45) is 1.54. The summed E-state index contributed by atoms with van der Waals surface area (Å²) in [7, 11) is 0. The molecule has 0 aliphatic carbocycles. The highest BCUT2D eigenvalue weighted by Crippen LogP contribution is 2.04. The van der Waals surface area contributed by atoms with Crippen molar-refractivity contribution in [3.05, 3.63) is 0 Å². The molecule has 0 rings (SSSR count). The number of carboxylic acid groups (broad SMARTS) is 2. The molecule has 3 atom stereocenters. The molecule has 0 saturated heterocycles. The number of carbonyl (C=O) groups excluding carboxylic acids is 3. The minimum absolute atomic E-state index is 0.421. The summed E-state index contributed by atoms with van der Waals surface area (Å²) in [4.78, 5) is 58.1. The van der Waals surface area contributed by atoms with Crippen molar-refractivity contribution in [1.29, 1.82) is 0 Å². The lowest BCUT2D eigenvalue weighted by Gasteiger charge is -2.22. The van der Waals surface area contributed by atoms with E-state index in [0.29, 0.717) is 12.2 Å². The zero-order valence-electron chi connectivity index (χ0n) is 16.1. The third-order valence-electron chi connectivity index (χ3n) is 3.65. The Morgan fingerprint density at radius 2 is 1.64 bits per heavy atom. The van der Waals surface area contributed by atoms with Gasteiger partial charge in [0.05, 0.1) is 19.0 Å². The Morgan fingerprint density at radius 3 is 2.11 bits per heavy atom. The molecule has 0 aliphatic heterocycles. The first-order valence-corrected chi connectivity index (χ1v) is 9.95. The van der Waals surface area contributed by atoms with E-state index in [2.05, 4.69) is 16.0 Å². The normalized spacial score (nSPS) is 13.9. The second kappa shape index (κ2) is 12.9. The minimum atomic E-state index is -1.49. The van der Waals surface area contributed by atoms with E-state index in [1.54, 1.807) is 13.8 Å². The number of aliphatic carboxylic acids is 2. The van der Waals surface area contributed by atoms with Crippen LogP contribution in [0.2, 0.25) is 0 Å². The van der Waals surface area contributed by atoms with Crippen LogP contribution >= 0.6 is 11.8 Å². The fourth-order valence-corrected chi connectivity index (χ4v) is 2.56. The Bertz CT molecular complexity index is 585. The average molecular weight is 420 g/mol. The van der Waals surface area contributed by atoms with Crippen LogP contribution in [0.1, 0.15) is 26.7 Å². The molecule has 11 nitrogen and oxygen atoms in total. The number of carbonyl (C=O) groups is 5. The van der Waals surface area contributed by atoms with Gasteiger partial charge in [0, 0.05) is 0 Å². The number of nitrogens with one attached hydrogen (secondary N) is 3. The first-order chi connectivity index (χ1) is 13.0. The fourth-order valence-electron chi connectivity index (χ4n) is 2.07. The van der Waals surface area contributed by atoms with E-state index in [1.165, 1.54) is 11.8 Å². The predicted molar refractivity (Wildman–Crippen MR) is 103 cm³/mol.